The molecule has 0 heterocycles. The zero-order valence-electron chi connectivity index (χ0n) is 12.9. The fourth-order valence-electron chi connectivity index (χ4n) is 2.96. The molecular formula is C20H21N. The number of hydrogen-bond acceptors (Lipinski definition) is 1. The molecule has 0 saturated carbocycles. The Labute approximate surface area is 126 Å². The standard InChI is InChI=1S/C20H21N/c1-14-8-9-15(2)19(12-14)20(21-3)18-11-10-16-6-4-5-7-17(16)13-18/h4-13,20-21H,1-3H3. The molecule has 0 spiro atoms. The molecule has 1 N–H and O–H groups in total. The van der Waals surface area contributed by atoms with E-state index in [-0.39, 0.29) is 6.04 Å². The molecule has 0 aliphatic heterocycles. The Balaban J connectivity index is 2.11. The molecule has 3 aromatic rings. The van der Waals surface area contributed by atoms with Gasteiger partial charge < -0.3 is 5.32 Å². The Kier molecular flexibility index (Phi) is 3.76. The molecule has 0 aromatic heterocycles. The third-order valence-electron chi connectivity index (χ3n) is 4.14. The Hall–Kier alpha value is -2.12. The molecule has 3 aromatic carbocycles. The SMILES string of the molecule is CNC(c1ccc2ccccc2c1)c1cc(C)ccc1C. The first-order chi connectivity index (χ1) is 10.2. The van der Waals surface area contributed by atoms with Crippen LogP contribution >= 0.6 is 0 Å². The van der Waals surface area contributed by atoms with E-state index in [9.17, 15) is 0 Å². The molecule has 0 aliphatic rings. The lowest BCUT2D eigenvalue weighted by atomic mass is 9.92. The van der Waals surface area contributed by atoms with Crippen LogP contribution in [-0.4, -0.2) is 7.05 Å². The number of hydrogen-bond donors (Lipinski definition) is 1. The van der Waals surface area contributed by atoms with Gasteiger partial charge in [-0.05, 0) is 54.4 Å². The minimum absolute atomic E-state index is 0.231. The van der Waals surface area contributed by atoms with Gasteiger partial charge in [-0.2, -0.15) is 0 Å². The van der Waals surface area contributed by atoms with E-state index in [4.69, 9.17) is 0 Å². The third-order valence-corrected chi connectivity index (χ3v) is 4.14. The van der Waals surface area contributed by atoms with Gasteiger partial charge in [0.25, 0.3) is 0 Å². The smallest absolute Gasteiger partial charge is 0.0577 e. The minimum atomic E-state index is 0.231. The van der Waals surface area contributed by atoms with E-state index in [1.54, 1.807) is 0 Å². The lowest BCUT2D eigenvalue weighted by Gasteiger charge is -2.20. The van der Waals surface area contributed by atoms with Crippen LogP contribution in [-0.2, 0) is 0 Å². The van der Waals surface area contributed by atoms with Crippen LogP contribution in [0, 0.1) is 13.8 Å². The number of rotatable bonds is 3. The van der Waals surface area contributed by atoms with E-state index in [1.165, 1.54) is 33.0 Å². The summed E-state index contributed by atoms with van der Waals surface area (Å²) in [4.78, 5) is 0. The van der Waals surface area contributed by atoms with Crippen molar-refractivity contribution in [1.82, 2.24) is 5.32 Å². The molecule has 0 fully saturated rings. The Morgan fingerprint density at radius 3 is 2.33 bits per heavy atom. The maximum Gasteiger partial charge on any atom is 0.0577 e. The van der Waals surface area contributed by atoms with Crippen LogP contribution in [0.25, 0.3) is 10.8 Å². The van der Waals surface area contributed by atoms with Crippen molar-refractivity contribution in [3.8, 4) is 0 Å². The van der Waals surface area contributed by atoms with Gasteiger partial charge >= 0.3 is 0 Å². The van der Waals surface area contributed by atoms with Gasteiger partial charge in [-0.1, -0.05) is 60.2 Å². The van der Waals surface area contributed by atoms with Gasteiger partial charge in [0.2, 0.25) is 0 Å². The van der Waals surface area contributed by atoms with Crippen molar-refractivity contribution in [3.05, 3.63) is 82.9 Å². The van der Waals surface area contributed by atoms with Crippen molar-refractivity contribution in [1.29, 1.82) is 0 Å². The van der Waals surface area contributed by atoms with Gasteiger partial charge in [0.1, 0.15) is 0 Å². The van der Waals surface area contributed by atoms with E-state index >= 15 is 0 Å². The van der Waals surface area contributed by atoms with Crippen LogP contribution < -0.4 is 5.32 Å². The molecular weight excluding hydrogens is 254 g/mol. The predicted molar refractivity (Wildman–Crippen MR) is 90.8 cm³/mol. The molecule has 3 rings (SSSR count). The monoisotopic (exact) mass is 275 g/mol. The average Bonchev–Trinajstić information content (AvgIpc) is 2.51. The van der Waals surface area contributed by atoms with Crippen LogP contribution in [0.4, 0.5) is 0 Å². The highest BCUT2D eigenvalue weighted by Gasteiger charge is 2.14. The summed E-state index contributed by atoms with van der Waals surface area (Å²) in [6.07, 6.45) is 0. The normalized spacial score (nSPS) is 12.5. The third kappa shape index (κ3) is 2.70. The van der Waals surface area contributed by atoms with E-state index in [1.807, 2.05) is 7.05 Å². The average molecular weight is 275 g/mol. The first-order valence-electron chi connectivity index (χ1n) is 7.42. The molecule has 0 aliphatic carbocycles. The second kappa shape index (κ2) is 5.71. The molecule has 106 valence electrons. The van der Waals surface area contributed by atoms with Crippen molar-refractivity contribution in [3.63, 3.8) is 0 Å². The number of fused-ring (bicyclic) bond motifs is 1. The molecule has 1 heteroatoms. The van der Waals surface area contributed by atoms with Gasteiger partial charge in [0, 0.05) is 0 Å². The van der Waals surface area contributed by atoms with E-state index < -0.39 is 0 Å². The molecule has 0 radical (unpaired) electrons. The van der Waals surface area contributed by atoms with Crippen LogP contribution in [0.5, 0.6) is 0 Å². The minimum Gasteiger partial charge on any atom is -0.309 e. The number of aryl methyl sites for hydroxylation is 2. The Bertz CT molecular complexity index is 774. The molecule has 1 atom stereocenters. The van der Waals surface area contributed by atoms with Crippen molar-refractivity contribution in [2.24, 2.45) is 0 Å². The highest BCUT2D eigenvalue weighted by Crippen LogP contribution is 2.28. The predicted octanol–water partition coefficient (Wildman–Crippen LogP) is 4.77. The van der Waals surface area contributed by atoms with Crippen LogP contribution in [0.3, 0.4) is 0 Å². The summed E-state index contributed by atoms with van der Waals surface area (Å²) >= 11 is 0. The summed E-state index contributed by atoms with van der Waals surface area (Å²) < 4.78 is 0. The van der Waals surface area contributed by atoms with E-state index in [0.717, 1.165) is 0 Å². The maximum absolute atomic E-state index is 3.47. The fourth-order valence-corrected chi connectivity index (χ4v) is 2.96. The summed E-state index contributed by atoms with van der Waals surface area (Å²) in [7, 11) is 2.03. The highest BCUT2D eigenvalue weighted by atomic mass is 14.9. The molecule has 1 unspecified atom stereocenters. The topological polar surface area (TPSA) is 12.0 Å². The summed E-state index contributed by atoms with van der Waals surface area (Å²) in [6, 6.07) is 22.1. The van der Waals surface area contributed by atoms with Crippen LogP contribution in [0.1, 0.15) is 28.3 Å². The molecule has 21 heavy (non-hydrogen) atoms. The van der Waals surface area contributed by atoms with Crippen molar-refractivity contribution in [2.45, 2.75) is 19.9 Å². The number of nitrogens with one attached hydrogen (secondary N) is 1. The molecule has 0 bridgehead atoms. The van der Waals surface area contributed by atoms with Gasteiger partial charge in [-0.15, -0.1) is 0 Å². The second-order valence-corrected chi connectivity index (χ2v) is 5.69. The van der Waals surface area contributed by atoms with Crippen molar-refractivity contribution < 1.29 is 0 Å². The molecule has 1 nitrogen and oxygen atoms in total. The maximum atomic E-state index is 3.47. The second-order valence-electron chi connectivity index (χ2n) is 5.69. The summed E-state index contributed by atoms with van der Waals surface area (Å²) in [5.41, 5.74) is 5.29. The van der Waals surface area contributed by atoms with E-state index in [0.29, 0.717) is 0 Å². The molecule has 0 saturated heterocycles. The summed E-state index contributed by atoms with van der Waals surface area (Å²) in [6.45, 7) is 4.33. The van der Waals surface area contributed by atoms with Crippen molar-refractivity contribution in [2.75, 3.05) is 7.05 Å². The highest BCUT2D eigenvalue weighted by molar-refractivity contribution is 5.83. The summed E-state index contributed by atoms with van der Waals surface area (Å²) in [5, 5.41) is 6.05. The van der Waals surface area contributed by atoms with Gasteiger partial charge in [0.05, 0.1) is 6.04 Å². The fraction of sp³-hybridized carbons (Fsp3) is 0.200. The van der Waals surface area contributed by atoms with Gasteiger partial charge in [0.15, 0.2) is 0 Å². The lowest BCUT2D eigenvalue weighted by Crippen LogP contribution is -2.18. The first-order valence-corrected chi connectivity index (χ1v) is 7.42. The quantitative estimate of drug-likeness (QED) is 0.726. The Morgan fingerprint density at radius 1 is 0.810 bits per heavy atom. The van der Waals surface area contributed by atoms with Gasteiger partial charge in [-0.3, -0.25) is 0 Å². The number of benzene rings is 3. The largest absolute Gasteiger partial charge is 0.309 e. The van der Waals surface area contributed by atoms with E-state index in [2.05, 4.69) is 79.8 Å². The van der Waals surface area contributed by atoms with Gasteiger partial charge in [-0.25, -0.2) is 0 Å². The zero-order valence-corrected chi connectivity index (χ0v) is 12.9. The summed E-state index contributed by atoms with van der Waals surface area (Å²) in [5.74, 6) is 0. The molecule has 0 amide bonds. The van der Waals surface area contributed by atoms with Crippen LogP contribution in [0.2, 0.25) is 0 Å². The Morgan fingerprint density at radius 2 is 1.57 bits per heavy atom. The van der Waals surface area contributed by atoms with Crippen molar-refractivity contribution >= 4 is 10.8 Å². The zero-order chi connectivity index (χ0) is 14.8. The first kappa shape index (κ1) is 13.8. The lowest BCUT2D eigenvalue weighted by molar-refractivity contribution is 0.688. The van der Waals surface area contributed by atoms with Crippen LogP contribution in [0.15, 0.2) is 60.7 Å².